The normalized spacial score (nSPS) is 24.6. The van der Waals surface area contributed by atoms with Gasteiger partial charge in [-0.05, 0) is 18.2 Å². The van der Waals surface area contributed by atoms with Crippen LogP contribution in [0.15, 0.2) is 30.5 Å². The Balaban J connectivity index is 1.37. The number of anilines is 2. The summed E-state index contributed by atoms with van der Waals surface area (Å²) in [5, 5.41) is 18.1. The van der Waals surface area contributed by atoms with Crippen LogP contribution in [0.25, 0.3) is 16.7 Å². The number of rotatable bonds is 5. The van der Waals surface area contributed by atoms with Crippen molar-refractivity contribution in [3.63, 3.8) is 0 Å². The molecule has 0 aliphatic carbocycles. The number of aromatic nitrogens is 4. The Morgan fingerprint density at radius 3 is 2.55 bits per heavy atom. The number of aliphatic hydroxyl groups is 1. The van der Waals surface area contributed by atoms with E-state index in [2.05, 4.69) is 25.3 Å². The van der Waals surface area contributed by atoms with Crippen LogP contribution in [0.3, 0.4) is 0 Å². The smallest absolute Gasteiger partial charge is 0.390 e. The molecule has 3 aliphatic rings. The molecule has 204 valence electrons. The third-order valence-electron chi connectivity index (χ3n) is 7.19. The van der Waals surface area contributed by atoms with Crippen LogP contribution in [-0.4, -0.2) is 107 Å². The van der Waals surface area contributed by atoms with Crippen LogP contribution >= 0.6 is 0 Å². The number of alkyl halides is 3. The summed E-state index contributed by atoms with van der Waals surface area (Å²) in [7, 11) is -3.42. The maximum absolute atomic E-state index is 13.4. The van der Waals surface area contributed by atoms with E-state index in [0.717, 1.165) is 25.2 Å². The number of halogens is 3. The summed E-state index contributed by atoms with van der Waals surface area (Å²) < 4.78 is 70.9. The zero-order valence-corrected chi connectivity index (χ0v) is 21.0. The van der Waals surface area contributed by atoms with Crippen LogP contribution in [0, 0.1) is 0 Å². The van der Waals surface area contributed by atoms with Gasteiger partial charge in [0.1, 0.15) is 5.82 Å². The fraction of sp³-hybridized carbons (Fsp3) is 0.522. The van der Waals surface area contributed by atoms with Crippen molar-refractivity contribution in [1.29, 1.82) is 0 Å². The lowest BCUT2D eigenvalue weighted by Crippen LogP contribution is -2.61. The van der Waals surface area contributed by atoms with Gasteiger partial charge in [0.25, 0.3) is 0 Å². The lowest BCUT2D eigenvalue weighted by molar-refractivity contribution is -0.137. The van der Waals surface area contributed by atoms with Gasteiger partial charge in [0.15, 0.2) is 15.5 Å². The van der Waals surface area contributed by atoms with Crippen LogP contribution in [0.1, 0.15) is 5.56 Å². The Morgan fingerprint density at radius 2 is 1.87 bits per heavy atom. The molecular formula is C23H26F3N7O4S. The van der Waals surface area contributed by atoms with Gasteiger partial charge in [-0.2, -0.15) is 28.2 Å². The van der Waals surface area contributed by atoms with Gasteiger partial charge in [0.05, 0.1) is 59.7 Å². The Bertz CT molecular complexity index is 1450. The molecule has 11 nitrogen and oxygen atoms in total. The molecule has 3 aromatic rings. The highest BCUT2D eigenvalue weighted by molar-refractivity contribution is 7.91. The van der Waals surface area contributed by atoms with Crippen molar-refractivity contribution in [2.75, 3.05) is 61.1 Å². The van der Waals surface area contributed by atoms with E-state index in [1.807, 2.05) is 4.90 Å². The molecule has 3 saturated heterocycles. The van der Waals surface area contributed by atoms with Crippen LogP contribution in [0.4, 0.5) is 24.9 Å². The summed E-state index contributed by atoms with van der Waals surface area (Å²) in [6.45, 7) is 4.40. The molecule has 15 heteroatoms. The van der Waals surface area contributed by atoms with Crippen LogP contribution in [-0.2, 0) is 20.8 Å². The lowest BCUT2D eigenvalue weighted by atomic mass is 10.1. The third kappa shape index (κ3) is 4.79. The molecule has 2 atom stereocenters. The number of aliphatic hydroxyl groups excluding tert-OH is 1. The van der Waals surface area contributed by atoms with E-state index in [0.29, 0.717) is 43.5 Å². The van der Waals surface area contributed by atoms with E-state index in [1.165, 1.54) is 23.0 Å². The highest BCUT2D eigenvalue weighted by Gasteiger charge is 2.38. The topological polar surface area (TPSA) is 126 Å². The predicted molar refractivity (Wildman–Crippen MR) is 132 cm³/mol. The maximum Gasteiger partial charge on any atom is 0.416 e. The number of hydrogen-bond acceptors (Lipinski definition) is 10. The van der Waals surface area contributed by atoms with Crippen molar-refractivity contribution in [2.24, 2.45) is 0 Å². The minimum atomic E-state index is -4.53. The van der Waals surface area contributed by atoms with Gasteiger partial charge in [-0.25, -0.2) is 13.1 Å². The molecule has 0 radical (unpaired) electrons. The summed E-state index contributed by atoms with van der Waals surface area (Å²) in [5.74, 6) is -0.0385. The second kappa shape index (κ2) is 9.32. The van der Waals surface area contributed by atoms with Crippen molar-refractivity contribution >= 4 is 32.6 Å². The molecule has 0 spiro atoms. The lowest BCUT2D eigenvalue weighted by Gasteiger charge is -2.47. The monoisotopic (exact) mass is 553 g/mol. The molecule has 1 aromatic carbocycles. The van der Waals surface area contributed by atoms with E-state index in [1.54, 1.807) is 0 Å². The largest absolute Gasteiger partial charge is 0.416 e. The molecule has 0 bridgehead atoms. The average molecular weight is 554 g/mol. The van der Waals surface area contributed by atoms with Crippen LogP contribution in [0.2, 0.25) is 0 Å². The first kappa shape index (κ1) is 25.3. The zero-order valence-electron chi connectivity index (χ0n) is 20.2. The van der Waals surface area contributed by atoms with E-state index in [9.17, 15) is 26.7 Å². The minimum Gasteiger partial charge on any atom is -0.390 e. The molecule has 6 rings (SSSR count). The van der Waals surface area contributed by atoms with Gasteiger partial charge in [0, 0.05) is 32.2 Å². The fourth-order valence-electron chi connectivity index (χ4n) is 5.14. The zero-order chi connectivity index (χ0) is 26.7. The van der Waals surface area contributed by atoms with Gasteiger partial charge < -0.3 is 20.1 Å². The number of benzene rings is 1. The SMILES string of the molecule is O=S1(=O)C[C@H](Nc2nc(N3CC(N4CCOCC4)C3)c3cnn(-c4cccc(C(F)(F)F)c4)c3n2)[C@@H](O)C1. The molecule has 2 N–H and O–H groups in total. The van der Waals surface area contributed by atoms with Crippen molar-refractivity contribution < 1.29 is 31.4 Å². The quantitative estimate of drug-likeness (QED) is 0.471. The minimum absolute atomic E-state index is 0.0669. The third-order valence-corrected chi connectivity index (χ3v) is 8.90. The number of sulfone groups is 1. The van der Waals surface area contributed by atoms with Crippen LogP contribution in [0.5, 0.6) is 0 Å². The summed E-state index contributed by atoms with van der Waals surface area (Å²) in [5.41, 5.74) is -0.382. The predicted octanol–water partition coefficient (Wildman–Crippen LogP) is 0.925. The van der Waals surface area contributed by atoms with Gasteiger partial charge in [0.2, 0.25) is 5.95 Å². The highest BCUT2D eigenvalue weighted by Crippen LogP contribution is 2.34. The second-order valence-electron chi connectivity index (χ2n) is 9.81. The Hall–Kier alpha value is -3.01. The Kier molecular flexibility index (Phi) is 6.20. The molecule has 0 amide bonds. The van der Waals surface area contributed by atoms with Crippen molar-refractivity contribution in [3.8, 4) is 5.69 Å². The first-order valence-electron chi connectivity index (χ1n) is 12.2. The Morgan fingerprint density at radius 1 is 1.11 bits per heavy atom. The number of nitrogens with zero attached hydrogens (tertiary/aromatic N) is 6. The molecule has 0 saturated carbocycles. The second-order valence-corrected chi connectivity index (χ2v) is 12.0. The first-order chi connectivity index (χ1) is 18.1. The van der Waals surface area contributed by atoms with E-state index in [4.69, 9.17) is 4.74 Å². The molecule has 0 unspecified atom stereocenters. The molecule has 2 aromatic heterocycles. The molecule has 3 aliphatic heterocycles. The number of fused-ring (bicyclic) bond motifs is 1. The van der Waals surface area contributed by atoms with E-state index in [-0.39, 0.29) is 28.8 Å². The van der Waals surface area contributed by atoms with Gasteiger partial charge in [-0.3, -0.25) is 4.90 Å². The van der Waals surface area contributed by atoms with Crippen molar-refractivity contribution in [3.05, 3.63) is 36.0 Å². The van der Waals surface area contributed by atoms with Gasteiger partial charge in [-0.15, -0.1) is 0 Å². The molecular weight excluding hydrogens is 527 g/mol. The maximum atomic E-state index is 13.4. The first-order valence-corrected chi connectivity index (χ1v) is 14.0. The molecule has 5 heterocycles. The molecule has 3 fully saturated rings. The standard InChI is InChI=1S/C23H26F3N7O4S/c24-23(25,26)14-2-1-3-15(8-14)33-21-17(9-27-33)20(32-10-16(11-32)31-4-6-37-7-5-31)29-22(30-21)28-18-12-38(35,36)13-19(18)34/h1-3,8-9,16,18-19,34H,4-7,10-13H2,(H,28,29,30)/t18-,19-/m0/s1. The van der Waals surface area contributed by atoms with E-state index >= 15 is 0 Å². The summed E-state index contributed by atoms with van der Waals surface area (Å²) in [6, 6.07) is 4.27. The summed E-state index contributed by atoms with van der Waals surface area (Å²) in [6.07, 6.45) is -4.14. The highest BCUT2D eigenvalue weighted by atomic mass is 32.2. The van der Waals surface area contributed by atoms with E-state index < -0.39 is 33.7 Å². The number of ether oxygens (including phenoxy) is 1. The fourth-order valence-corrected chi connectivity index (χ4v) is 6.88. The van der Waals surface area contributed by atoms with Gasteiger partial charge in [-0.1, -0.05) is 6.07 Å². The summed E-state index contributed by atoms with van der Waals surface area (Å²) >= 11 is 0. The molecule has 38 heavy (non-hydrogen) atoms. The van der Waals surface area contributed by atoms with Gasteiger partial charge >= 0.3 is 6.18 Å². The van der Waals surface area contributed by atoms with Crippen molar-refractivity contribution in [1.82, 2.24) is 24.6 Å². The number of hydrogen-bond donors (Lipinski definition) is 2. The number of morpholine rings is 1. The van der Waals surface area contributed by atoms with Crippen molar-refractivity contribution in [2.45, 2.75) is 24.4 Å². The Labute approximate surface area is 216 Å². The van der Waals surface area contributed by atoms with Crippen LogP contribution < -0.4 is 10.2 Å². The average Bonchev–Trinajstić information content (AvgIpc) is 3.37. The summed E-state index contributed by atoms with van der Waals surface area (Å²) in [4.78, 5) is 13.5. The number of nitrogens with one attached hydrogen (secondary N) is 1.